The molecule has 0 unspecified atom stereocenters. The molecular weight excluding hydrogens is 294 g/mol. The summed E-state index contributed by atoms with van der Waals surface area (Å²) in [6, 6.07) is 7.34. The lowest BCUT2D eigenvalue weighted by Gasteiger charge is -2.18. The van der Waals surface area contributed by atoms with Crippen LogP contribution in [0, 0.1) is 0 Å². The van der Waals surface area contributed by atoms with Crippen LogP contribution in [0.3, 0.4) is 0 Å². The van der Waals surface area contributed by atoms with Crippen molar-refractivity contribution in [3.8, 4) is 0 Å². The second kappa shape index (κ2) is 8.11. The van der Waals surface area contributed by atoms with Gasteiger partial charge in [0, 0.05) is 23.2 Å². The molecule has 100 valence electrons. The highest BCUT2D eigenvalue weighted by molar-refractivity contribution is 9.10. The maximum Gasteiger partial charge on any atom is 0.319 e. The lowest BCUT2D eigenvalue weighted by atomic mass is 10.3. The van der Waals surface area contributed by atoms with Crippen molar-refractivity contribution in [3.05, 3.63) is 28.7 Å². The summed E-state index contributed by atoms with van der Waals surface area (Å²) in [5.41, 5.74) is 0.790. The predicted octanol–water partition coefficient (Wildman–Crippen LogP) is 2.91. The zero-order chi connectivity index (χ0) is 13.4. The van der Waals surface area contributed by atoms with Gasteiger partial charge in [-0.3, -0.25) is 0 Å². The first kappa shape index (κ1) is 15.0. The fourth-order valence-corrected chi connectivity index (χ4v) is 1.84. The molecule has 1 aromatic carbocycles. The van der Waals surface area contributed by atoms with Crippen molar-refractivity contribution in [1.29, 1.82) is 0 Å². The molecule has 2 amide bonds. The van der Waals surface area contributed by atoms with E-state index in [-0.39, 0.29) is 6.03 Å². The molecule has 1 aromatic rings. The summed E-state index contributed by atoms with van der Waals surface area (Å²) in [6.07, 6.45) is 0. The summed E-state index contributed by atoms with van der Waals surface area (Å²) in [6.45, 7) is 7.78. The molecule has 0 heterocycles. The van der Waals surface area contributed by atoms with E-state index in [0.717, 1.165) is 29.8 Å². The molecule has 0 spiro atoms. The van der Waals surface area contributed by atoms with Crippen molar-refractivity contribution in [3.63, 3.8) is 0 Å². The van der Waals surface area contributed by atoms with E-state index in [0.29, 0.717) is 6.54 Å². The summed E-state index contributed by atoms with van der Waals surface area (Å²) in [5.74, 6) is 0. The van der Waals surface area contributed by atoms with Gasteiger partial charge in [-0.25, -0.2) is 4.79 Å². The highest BCUT2D eigenvalue weighted by atomic mass is 79.9. The molecule has 0 bridgehead atoms. The lowest BCUT2D eigenvalue weighted by Crippen LogP contribution is -2.36. The SMILES string of the molecule is CCN(CC)CCNC(=O)Nc1ccc(Br)cc1. The molecule has 0 fully saturated rings. The minimum Gasteiger partial charge on any atom is -0.337 e. The largest absolute Gasteiger partial charge is 0.337 e. The molecule has 0 radical (unpaired) electrons. The van der Waals surface area contributed by atoms with Gasteiger partial charge < -0.3 is 15.5 Å². The van der Waals surface area contributed by atoms with Crippen molar-refractivity contribution in [2.45, 2.75) is 13.8 Å². The number of carbonyl (C=O) groups excluding carboxylic acids is 1. The van der Waals surface area contributed by atoms with E-state index in [9.17, 15) is 4.79 Å². The molecule has 0 aliphatic rings. The monoisotopic (exact) mass is 313 g/mol. The minimum absolute atomic E-state index is 0.163. The van der Waals surface area contributed by atoms with Crippen LogP contribution in [0.4, 0.5) is 10.5 Å². The van der Waals surface area contributed by atoms with E-state index in [1.807, 2.05) is 24.3 Å². The number of urea groups is 1. The third-order valence-corrected chi connectivity index (χ3v) is 3.24. The van der Waals surface area contributed by atoms with E-state index < -0.39 is 0 Å². The smallest absolute Gasteiger partial charge is 0.319 e. The number of rotatable bonds is 6. The van der Waals surface area contributed by atoms with E-state index >= 15 is 0 Å². The number of nitrogens with one attached hydrogen (secondary N) is 2. The zero-order valence-electron chi connectivity index (χ0n) is 10.9. The third-order valence-electron chi connectivity index (χ3n) is 2.71. The number of hydrogen-bond donors (Lipinski definition) is 2. The van der Waals surface area contributed by atoms with Gasteiger partial charge in [0.15, 0.2) is 0 Å². The number of carbonyl (C=O) groups is 1. The Morgan fingerprint density at radius 2 is 1.83 bits per heavy atom. The molecule has 1 rings (SSSR count). The fraction of sp³-hybridized carbons (Fsp3) is 0.462. The van der Waals surface area contributed by atoms with Crippen molar-refractivity contribution in [1.82, 2.24) is 10.2 Å². The van der Waals surface area contributed by atoms with Gasteiger partial charge in [0.2, 0.25) is 0 Å². The molecule has 0 saturated carbocycles. The number of hydrogen-bond acceptors (Lipinski definition) is 2. The van der Waals surface area contributed by atoms with Crippen LogP contribution in [-0.4, -0.2) is 37.1 Å². The Morgan fingerprint density at radius 1 is 1.22 bits per heavy atom. The first-order chi connectivity index (χ1) is 8.65. The second-order valence-corrected chi connectivity index (χ2v) is 4.83. The van der Waals surface area contributed by atoms with Gasteiger partial charge in [0.05, 0.1) is 0 Å². The maximum absolute atomic E-state index is 11.6. The quantitative estimate of drug-likeness (QED) is 0.848. The average Bonchev–Trinajstić information content (AvgIpc) is 2.37. The van der Waals surface area contributed by atoms with Crippen LogP contribution in [0.15, 0.2) is 28.7 Å². The number of amides is 2. The second-order valence-electron chi connectivity index (χ2n) is 3.91. The Morgan fingerprint density at radius 3 is 2.39 bits per heavy atom. The first-order valence-electron chi connectivity index (χ1n) is 6.18. The number of halogens is 1. The predicted molar refractivity (Wildman–Crippen MR) is 79.0 cm³/mol. The summed E-state index contributed by atoms with van der Waals surface area (Å²) in [7, 11) is 0. The van der Waals surface area contributed by atoms with Crippen LogP contribution in [0.1, 0.15) is 13.8 Å². The van der Waals surface area contributed by atoms with Crippen LogP contribution < -0.4 is 10.6 Å². The van der Waals surface area contributed by atoms with Crippen molar-refractivity contribution in [2.24, 2.45) is 0 Å². The minimum atomic E-state index is -0.163. The summed E-state index contributed by atoms with van der Waals surface area (Å²) >= 11 is 3.35. The Hall–Kier alpha value is -1.07. The molecule has 0 atom stereocenters. The molecule has 4 nitrogen and oxygen atoms in total. The highest BCUT2D eigenvalue weighted by Gasteiger charge is 2.02. The van der Waals surface area contributed by atoms with Crippen LogP contribution in [-0.2, 0) is 0 Å². The Bertz CT molecular complexity index is 363. The van der Waals surface area contributed by atoms with Gasteiger partial charge in [-0.15, -0.1) is 0 Å². The normalized spacial score (nSPS) is 10.4. The number of likely N-dealkylation sites (N-methyl/N-ethyl adjacent to an activating group) is 1. The third kappa shape index (κ3) is 5.51. The van der Waals surface area contributed by atoms with E-state index in [1.54, 1.807) is 0 Å². The van der Waals surface area contributed by atoms with Crippen LogP contribution >= 0.6 is 15.9 Å². The van der Waals surface area contributed by atoms with Crippen molar-refractivity contribution >= 4 is 27.6 Å². The van der Waals surface area contributed by atoms with Gasteiger partial charge >= 0.3 is 6.03 Å². The molecule has 0 aromatic heterocycles. The molecule has 0 aliphatic heterocycles. The highest BCUT2D eigenvalue weighted by Crippen LogP contribution is 2.13. The van der Waals surface area contributed by atoms with E-state index in [4.69, 9.17) is 0 Å². The molecular formula is C13H20BrN3O. The molecule has 5 heteroatoms. The Kier molecular flexibility index (Phi) is 6.75. The number of benzene rings is 1. The van der Waals surface area contributed by atoms with Gasteiger partial charge in [0.25, 0.3) is 0 Å². The molecule has 0 aliphatic carbocycles. The average molecular weight is 314 g/mol. The number of anilines is 1. The first-order valence-corrected chi connectivity index (χ1v) is 6.97. The summed E-state index contributed by atoms with van der Waals surface area (Å²) < 4.78 is 0.995. The van der Waals surface area contributed by atoms with Crippen LogP contribution in [0.2, 0.25) is 0 Å². The number of nitrogens with zero attached hydrogens (tertiary/aromatic N) is 1. The van der Waals surface area contributed by atoms with Crippen LogP contribution in [0.25, 0.3) is 0 Å². The van der Waals surface area contributed by atoms with E-state index in [1.165, 1.54) is 0 Å². The van der Waals surface area contributed by atoms with Crippen LogP contribution in [0.5, 0.6) is 0 Å². The van der Waals surface area contributed by atoms with Gasteiger partial charge in [-0.1, -0.05) is 29.8 Å². The lowest BCUT2D eigenvalue weighted by molar-refractivity contribution is 0.248. The Labute approximate surface area is 117 Å². The molecule has 18 heavy (non-hydrogen) atoms. The maximum atomic E-state index is 11.6. The zero-order valence-corrected chi connectivity index (χ0v) is 12.5. The van der Waals surface area contributed by atoms with Crippen molar-refractivity contribution in [2.75, 3.05) is 31.5 Å². The summed E-state index contributed by atoms with van der Waals surface area (Å²) in [4.78, 5) is 13.9. The van der Waals surface area contributed by atoms with Gasteiger partial charge in [-0.2, -0.15) is 0 Å². The Balaban J connectivity index is 2.27. The standard InChI is InChI=1S/C13H20BrN3O/c1-3-17(4-2)10-9-15-13(18)16-12-7-5-11(14)6-8-12/h5-8H,3-4,9-10H2,1-2H3,(H2,15,16,18). The fourth-order valence-electron chi connectivity index (χ4n) is 1.58. The van der Waals surface area contributed by atoms with E-state index in [2.05, 4.69) is 45.3 Å². The van der Waals surface area contributed by atoms with Gasteiger partial charge in [-0.05, 0) is 37.4 Å². The molecule has 2 N–H and O–H groups in total. The topological polar surface area (TPSA) is 44.4 Å². The van der Waals surface area contributed by atoms with Gasteiger partial charge in [0.1, 0.15) is 0 Å². The molecule has 0 saturated heterocycles. The summed E-state index contributed by atoms with van der Waals surface area (Å²) in [5, 5.41) is 5.63. The van der Waals surface area contributed by atoms with Crippen molar-refractivity contribution < 1.29 is 4.79 Å².